The van der Waals surface area contributed by atoms with E-state index in [1.807, 2.05) is 30.3 Å². The standard InChI is InChI=1S/C24H16N2O3S/c1-17(27)30-22-13-9-19(10-14-22)8-12-21-15-23(25)20(16-24(21)26(28)29)11-7-18-5-3-2-4-6-18/h2-6,9-10,13-16H,25H2,1H3. The average molecular weight is 412 g/mol. The van der Waals surface area contributed by atoms with Gasteiger partial charge in [-0.25, -0.2) is 0 Å². The van der Waals surface area contributed by atoms with Crippen LogP contribution in [0.25, 0.3) is 0 Å². The van der Waals surface area contributed by atoms with Crippen LogP contribution in [0.15, 0.2) is 71.6 Å². The van der Waals surface area contributed by atoms with E-state index in [1.165, 1.54) is 19.1 Å². The number of rotatable bonds is 2. The summed E-state index contributed by atoms with van der Waals surface area (Å²) >= 11 is 1.13. The van der Waals surface area contributed by atoms with Crippen LogP contribution in [-0.4, -0.2) is 10.0 Å². The number of benzene rings is 3. The first-order valence-corrected chi connectivity index (χ1v) is 9.69. The number of hydrogen-bond acceptors (Lipinski definition) is 5. The maximum absolute atomic E-state index is 11.5. The number of carbonyl (C=O) groups excluding carboxylic acids is 1. The molecule has 0 saturated carbocycles. The molecule has 146 valence electrons. The molecule has 0 aliphatic carbocycles. The van der Waals surface area contributed by atoms with E-state index >= 15 is 0 Å². The first-order valence-electron chi connectivity index (χ1n) is 8.88. The molecule has 0 fully saturated rings. The van der Waals surface area contributed by atoms with Crippen LogP contribution in [0.1, 0.15) is 29.2 Å². The van der Waals surface area contributed by atoms with Crippen molar-refractivity contribution in [3.8, 4) is 23.7 Å². The molecule has 2 N–H and O–H groups in total. The molecule has 0 saturated heterocycles. The quantitative estimate of drug-likeness (QED) is 0.218. The molecule has 0 amide bonds. The average Bonchev–Trinajstić information content (AvgIpc) is 2.72. The Hall–Kier alpha value is -4.00. The number of thioether (sulfide) groups is 1. The minimum absolute atomic E-state index is 0.00427. The summed E-state index contributed by atoms with van der Waals surface area (Å²) in [7, 11) is 0. The number of anilines is 1. The molecule has 0 bridgehead atoms. The van der Waals surface area contributed by atoms with E-state index in [9.17, 15) is 14.9 Å². The fraction of sp³-hybridized carbons (Fsp3) is 0.0417. The lowest BCUT2D eigenvalue weighted by molar-refractivity contribution is -0.385. The topological polar surface area (TPSA) is 86.2 Å². The van der Waals surface area contributed by atoms with Crippen LogP contribution in [0, 0.1) is 33.8 Å². The van der Waals surface area contributed by atoms with Crippen LogP contribution in [-0.2, 0) is 4.79 Å². The monoisotopic (exact) mass is 412 g/mol. The molecule has 0 radical (unpaired) electrons. The van der Waals surface area contributed by atoms with E-state index < -0.39 is 4.92 Å². The summed E-state index contributed by atoms with van der Waals surface area (Å²) in [5, 5.41) is 11.5. The highest BCUT2D eigenvalue weighted by atomic mass is 32.2. The molecule has 0 aliphatic rings. The molecule has 5 nitrogen and oxygen atoms in total. The smallest absolute Gasteiger partial charge is 0.286 e. The molecule has 3 rings (SSSR count). The predicted molar refractivity (Wildman–Crippen MR) is 119 cm³/mol. The number of nitrogens with two attached hydrogens (primary N) is 1. The van der Waals surface area contributed by atoms with E-state index in [2.05, 4.69) is 23.7 Å². The zero-order chi connectivity index (χ0) is 21.5. The second-order valence-corrected chi connectivity index (χ2v) is 7.45. The Balaban J connectivity index is 1.92. The van der Waals surface area contributed by atoms with E-state index in [4.69, 9.17) is 5.73 Å². The van der Waals surface area contributed by atoms with Gasteiger partial charge in [0.1, 0.15) is 5.56 Å². The maximum atomic E-state index is 11.5. The van der Waals surface area contributed by atoms with Crippen LogP contribution < -0.4 is 5.73 Å². The van der Waals surface area contributed by atoms with E-state index in [0.717, 1.165) is 22.2 Å². The van der Waals surface area contributed by atoms with Crippen molar-refractivity contribution in [2.24, 2.45) is 0 Å². The highest BCUT2D eigenvalue weighted by Crippen LogP contribution is 2.25. The maximum Gasteiger partial charge on any atom is 0.286 e. The van der Waals surface area contributed by atoms with Crippen LogP contribution in [0.5, 0.6) is 0 Å². The number of nitro benzene ring substituents is 1. The fourth-order valence-corrected chi connectivity index (χ4v) is 3.14. The Morgan fingerprint density at radius 1 is 0.900 bits per heavy atom. The highest BCUT2D eigenvalue weighted by Gasteiger charge is 2.15. The Bertz CT molecular complexity index is 1230. The Morgan fingerprint density at radius 3 is 2.10 bits per heavy atom. The Labute approximate surface area is 178 Å². The molecule has 3 aromatic rings. The largest absolute Gasteiger partial charge is 0.398 e. The number of carbonyl (C=O) groups is 1. The summed E-state index contributed by atoms with van der Waals surface area (Å²) in [5.74, 6) is 11.6. The van der Waals surface area contributed by atoms with Crippen LogP contribution in [0.2, 0.25) is 0 Å². The lowest BCUT2D eigenvalue weighted by Gasteiger charge is -2.02. The first kappa shape index (κ1) is 20.7. The number of nitrogens with zero attached hydrogens (tertiary/aromatic N) is 1. The Kier molecular flexibility index (Phi) is 6.54. The summed E-state index contributed by atoms with van der Waals surface area (Å²) in [4.78, 5) is 23.0. The SMILES string of the molecule is CC(=O)Sc1ccc(C#Cc2cc(N)c(C#Cc3ccccc3)cc2[N+](=O)[O-])cc1. The molecule has 3 aromatic carbocycles. The van der Waals surface area contributed by atoms with Crippen molar-refractivity contribution in [2.45, 2.75) is 11.8 Å². The zero-order valence-corrected chi connectivity index (χ0v) is 16.8. The highest BCUT2D eigenvalue weighted by molar-refractivity contribution is 8.13. The van der Waals surface area contributed by atoms with E-state index in [0.29, 0.717) is 16.8 Å². The molecule has 0 aromatic heterocycles. The summed E-state index contributed by atoms with van der Waals surface area (Å²) in [5.41, 5.74) is 8.27. The van der Waals surface area contributed by atoms with Crippen molar-refractivity contribution >= 4 is 28.3 Å². The molecule has 0 spiro atoms. The van der Waals surface area contributed by atoms with Gasteiger partial charge in [-0.2, -0.15) is 0 Å². The second-order valence-electron chi connectivity index (χ2n) is 6.20. The molecular weight excluding hydrogens is 396 g/mol. The van der Waals surface area contributed by atoms with Gasteiger partial charge in [-0.05, 0) is 42.5 Å². The van der Waals surface area contributed by atoms with Gasteiger partial charge in [0.25, 0.3) is 5.69 Å². The minimum Gasteiger partial charge on any atom is -0.398 e. The minimum atomic E-state index is -0.496. The van der Waals surface area contributed by atoms with Gasteiger partial charge in [0, 0.05) is 34.7 Å². The third kappa shape index (κ3) is 5.51. The first-order chi connectivity index (χ1) is 14.4. The second kappa shape index (κ2) is 9.47. The summed E-state index contributed by atoms with van der Waals surface area (Å²) < 4.78 is 0. The van der Waals surface area contributed by atoms with Gasteiger partial charge in [-0.1, -0.05) is 53.6 Å². The van der Waals surface area contributed by atoms with Gasteiger partial charge in [0.05, 0.1) is 10.5 Å². The van der Waals surface area contributed by atoms with Crippen molar-refractivity contribution in [3.05, 3.63) is 99.1 Å². The van der Waals surface area contributed by atoms with Crippen molar-refractivity contribution in [1.29, 1.82) is 0 Å². The van der Waals surface area contributed by atoms with Crippen LogP contribution >= 0.6 is 11.8 Å². The molecule has 0 heterocycles. The van der Waals surface area contributed by atoms with Crippen molar-refractivity contribution in [2.75, 3.05) is 5.73 Å². The van der Waals surface area contributed by atoms with E-state index in [-0.39, 0.29) is 16.4 Å². The van der Waals surface area contributed by atoms with Crippen molar-refractivity contribution in [1.82, 2.24) is 0 Å². The third-order valence-corrected chi connectivity index (χ3v) is 4.73. The molecule has 0 aliphatic heterocycles. The van der Waals surface area contributed by atoms with Gasteiger partial charge in [-0.3, -0.25) is 14.9 Å². The van der Waals surface area contributed by atoms with Gasteiger partial charge in [0.15, 0.2) is 5.12 Å². The van der Waals surface area contributed by atoms with E-state index in [1.54, 1.807) is 24.3 Å². The number of hydrogen-bond donors (Lipinski definition) is 1. The lowest BCUT2D eigenvalue weighted by atomic mass is 10.1. The van der Waals surface area contributed by atoms with Crippen LogP contribution in [0.3, 0.4) is 0 Å². The lowest BCUT2D eigenvalue weighted by Crippen LogP contribution is -1.98. The molecule has 6 heteroatoms. The van der Waals surface area contributed by atoms with Gasteiger partial charge < -0.3 is 5.73 Å². The molecule has 0 atom stereocenters. The number of nitrogen functional groups attached to an aromatic ring is 1. The summed E-state index contributed by atoms with van der Waals surface area (Å²) in [6.07, 6.45) is 0. The van der Waals surface area contributed by atoms with Crippen molar-refractivity contribution in [3.63, 3.8) is 0 Å². The number of nitro groups is 1. The normalized spacial score (nSPS) is 9.63. The van der Waals surface area contributed by atoms with Crippen LogP contribution in [0.4, 0.5) is 11.4 Å². The molecular formula is C24H16N2O3S. The van der Waals surface area contributed by atoms with Gasteiger partial charge in [-0.15, -0.1) is 0 Å². The summed E-state index contributed by atoms with van der Waals surface area (Å²) in [6, 6.07) is 19.2. The van der Waals surface area contributed by atoms with Gasteiger partial charge in [0.2, 0.25) is 0 Å². The van der Waals surface area contributed by atoms with Crippen molar-refractivity contribution < 1.29 is 9.72 Å². The third-order valence-electron chi connectivity index (χ3n) is 3.94. The molecule has 0 unspecified atom stereocenters. The predicted octanol–water partition coefficient (Wildman–Crippen LogP) is 4.62. The summed E-state index contributed by atoms with van der Waals surface area (Å²) in [6.45, 7) is 1.50. The van der Waals surface area contributed by atoms with Gasteiger partial charge >= 0.3 is 0 Å². The molecule has 30 heavy (non-hydrogen) atoms. The zero-order valence-electron chi connectivity index (χ0n) is 16.0. The fourth-order valence-electron chi connectivity index (χ4n) is 2.54. The Morgan fingerprint density at radius 2 is 1.50 bits per heavy atom.